The van der Waals surface area contributed by atoms with Gasteiger partial charge in [-0.05, 0) is 63.0 Å². The monoisotopic (exact) mass is 492 g/mol. The molecule has 0 unspecified atom stereocenters. The lowest BCUT2D eigenvalue weighted by molar-refractivity contribution is 0.0453. The molecule has 37 heavy (non-hydrogen) atoms. The second kappa shape index (κ2) is 9.25. The first-order chi connectivity index (χ1) is 17.7. The Labute approximate surface area is 214 Å². The zero-order valence-corrected chi connectivity index (χ0v) is 21.3. The van der Waals surface area contributed by atoms with E-state index in [0.29, 0.717) is 46.4 Å². The van der Waals surface area contributed by atoms with Crippen LogP contribution in [0.15, 0.2) is 48.5 Å². The molecule has 6 heteroatoms. The Morgan fingerprint density at radius 1 is 0.703 bits per heavy atom. The summed E-state index contributed by atoms with van der Waals surface area (Å²) in [6, 6.07) is 16.8. The van der Waals surface area contributed by atoms with Crippen LogP contribution in [0.5, 0.6) is 0 Å². The average Bonchev–Trinajstić information content (AvgIpc) is 2.89. The molecule has 0 aliphatic carbocycles. The summed E-state index contributed by atoms with van der Waals surface area (Å²) in [5, 5.41) is 16.3. The first-order valence-corrected chi connectivity index (χ1v) is 12.4. The minimum atomic E-state index is -0.453. The lowest BCUT2D eigenvalue weighted by Crippen LogP contribution is -2.12. The van der Waals surface area contributed by atoms with Crippen molar-refractivity contribution in [2.24, 2.45) is 11.8 Å². The summed E-state index contributed by atoms with van der Waals surface area (Å²) in [7, 11) is 0. The van der Waals surface area contributed by atoms with Gasteiger partial charge in [-0.3, -0.25) is 0 Å². The van der Waals surface area contributed by atoms with Crippen molar-refractivity contribution in [3.63, 3.8) is 0 Å². The van der Waals surface area contributed by atoms with E-state index < -0.39 is 11.9 Å². The third-order valence-corrected chi connectivity index (χ3v) is 6.59. The molecule has 2 N–H and O–H groups in total. The Morgan fingerprint density at radius 2 is 1.14 bits per heavy atom. The van der Waals surface area contributed by atoms with E-state index >= 15 is 0 Å². The van der Waals surface area contributed by atoms with E-state index in [1.54, 1.807) is 24.3 Å². The van der Waals surface area contributed by atoms with Crippen LogP contribution >= 0.6 is 0 Å². The zero-order valence-electron chi connectivity index (χ0n) is 21.3. The lowest BCUT2D eigenvalue weighted by Gasteiger charge is -2.19. The Bertz CT molecular complexity index is 1720. The number of anilines is 1. The fourth-order valence-corrected chi connectivity index (χ4v) is 4.99. The van der Waals surface area contributed by atoms with Crippen LogP contribution in [-0.2, 0) is 9.47 Å². The van der Waals surface area contributed by atoms with Gasteiger partial charge in [-0.15, -0.1) is 0 Å². The standard InChI is InChI=1S/C31H28N2O4/c1-16(2)14-36-30(34)23-9-7-20-22-11-12-25(33)29-24(31(35)37-15-17(3)4)10-8-21(28(22)29)19-6-5-18(13-32)26(23)27(19)20/h5-12,16-17H,14-15,33H2,1-4H3. The van der Waals surface area contributed by atoms with Crippen LogP contribution in [0.25, 0.3) is 43.1 Å². The fraction of sp³-hybridized carbons (Fsp3) is 0.258. The van der Waals surface area contributed by atoms with E-state index in [-0.39, 0.29) is 11.8 Å². The molecule has 0 fully saturated rings. The summed E-state index contributed by atoms with van der Waals surface area (Å²) in [5.74, 6) is -0.467. The third kappa shape index (κ3) is 3.97. The van der Waals surface area contributed by atoms with Crippen molar-refractivity contribution in [3.05, 3.63) is 65.2 Å². The molecule has 6 nitrogen and oxygen atoms in total. The van der Waals surface area contributed by atoms with Gasteiger partial charge in [0.25, 0.3) is 0 Å². The van der Waals surface area contributed by atoms with Crippen molar-refractivity contribution < 1.29 is 19.1 Å². The van der Waals surface area contributed by atoms with E-state index in [9.17, 15) is 14.9 Å². The molecule has 0 heterocycles. The number of nitrogens with two attached hydrogens (primary N) is 1. The highest BCUT2D eigenvalue weighted by Gasteiger charge is 2.23. The van der Waals surface area contributed by atoms with E-state index in [2.05, 4.69) is 6.07 Å². The van der Waals surface area contributed by atoms with Gasteiger partial charge in [-0.2, -0.15) is 5.26 Å². The topological polar surface area (TPSA) is 102 Å². The quantitative estimate of drug-likeness (QED) is 0.121. The number of fused-ring (bicyclic) bond motifs is 2. The Kier molecular flexibility index (Phi) is 6.08. The molecule has 0 bridgehead atoms. The van der Waals surface area contributed by atoms with Gasteiger partial charge in [0, 0.05) is 21.8 Å². The number of esters is 2. The largest absolute Gasteiger partial charge is 0.462 e. The van der Waals surface area contributed by atoms with Gasteiger partial charge in [0.1, 0.15) is 0 Å². The van der Waals surface area contributed by atoms with Crippen molar-refractivity contribution >= 4 is 60.7 Å². The highest BCUT2D eigenvalue weighted by molar-refractivity contribution is 6.37. The second-order valence-electron chi connectivity index (χ2n) is 10.3. The number of hydrogen-bond acceptors (Lipinski definition) is 6. The van der Waals surface area contributed by atoms with Crippen LogP contribution < -0.4 is 5.73 Å². The summed E-state index contributed by atoms with van der Waals surface area (Å²) in [4.78, 5) is 26.1. The van der Waals surface area contributed by atoms with Crippen molar-refractivity contribution in [2.45, 2.75) is 27.7 Å². The van der Waals surface area contributed by atoms with Gasteiger partial charge in [-0.25, -0.2) is 9.59 Å². The maximum absolute atomic E-state index is 13.1. The maximum atomic E-state index is 13.1. The summed E-state index contributed by atoms with van der Waals surface area (Å²) in [5.41, 5.74) is 8.11. The smallest absolute Gasteiger partial charge is 0.338 e. The SMILES string of the molecule is CC(C)COC(=O)c1ccc2c3ccc(C#N)c4c(C(=O)OCC(C)C)ccc(c5ccc(N)c1c25)c43. The number of nitriles is 1. The number of hydrogen-bond donors (Lipinski definition) is 1. The molecular weight excluding hydrogens is 464 g/mol. The van der Waals surface area contributed by atoms with Crippen LogP contribution in [-0.4, -0.2) is 25.2 Å². The lowest BCUT2D eigenvalue weighted by atomic mass is 9.85. The molecule has 0 amide bonds. The molecule has 0 atom stereocenters. The number of rotatable bonds is 6. The second-order valence-corrected chi connectivity index (χ2v) is 10.3. The summed E-state index contributed by atoms with van der Waals surface area (Å²) in [6.07, 6.45) is 0. The van der Waals surface area contributed by atoms with Crippen molar-refractivity contribution in [1.82, 2.24) is 0 Å². The average molecular weight is 493 g/mol. The molecule has 5 rings (SSSR count). The number of nitrogen functional groups attached to an aromatic ring is 1. The van der Waals surface area contributed by atoms with E-state index in [1.165, 1.54) is 0 Å². The number of benzene rings is 5. The predicted octanol–water partition coefficient (Wildman–Crippen LogP) is 6.82. The highest BCUT2D eigenvalue weighted by atomic mass is 16.5. The van der Waals surface area contributed by atoms with Crippen molar-refractivity contribution in [3.8, 4) is 6.07 Å². The van der Waals surface area contributed by atoms with Gasteiger partial charge in [0.2, 0.25) is 0 Å². The minimum Gasteiger partial charge on any atom is -0.462 e. The van der Waals surface area contributed by atoms with Gasteiger partial charge < -0.3 is 15.2 Å². The molecule has 0 aliphatic rings. The molecule has 0 saturated heterocycles. The summed E-state index contributed by atoms with van der Waals surface area (Å²) < 4.78 is 11.1. The van der Waals surface area contributed by atoms with Crippen LogP contribution in [0.2, 0.25) is 0 Å². The van der Waals surface area contributed by atoms with E-state index in [0.717, 1.165) is 32.3 Å². The van der Waals surface area contributed by atoms with Crippen LogP contribution in [0.3, 0.4) is 0 Å². The molecule has 0 saturated carbocycles. The number of carbonyl (C=O) groups is 2. The van der Waals surface area contributed by atoms with Gasteiger partial charge in [0.15, 0.2) is 0 Å². The summed E-state index contributed by atoms with van der Waals surface area (Å²) in [6.45, 7) is 8.53. The Balaban J connectivity index is 1.86. The predicted molar refractivity (Wildman–Crippen MR) is 147 cm³/mol. The maximum Gasteiger partial charge on any atom is 0.338 e. The third-order valence-electron chi connectivity index (χ3n) is 6.59. The van der Waals surface area contributed by atoms with E-state index in [4.69, 9.17) is 15.2 Å². The molecule has 0 radical (unpaired) electrons. The molecule has 0 aliphatic heterocycles. The van der Waals surface area contributed by atoms with Gasteiger partial charge in [0.05, 0.1) is 36.0 Å². The molecule has 5 aromatic carbocycles. The Hall–Kier alpha value is -4.37. The molecule has 0 aromatic heterocycles. The van der Waals surface area contributed by atoms with E-state index in [1.807, 2.05) is 52.0 Å². The zero-order chi connectivity index (χ0) is 26.4. The molecule has 0 spiro atoms. The first kappa shape index (κ1) is 24.3. The molecular formula is C31H28N2O4. The van der Waals surface area contributed by atoms with Crippen LogP contribution in [0.1, 0.15) is 54.0 Å². The summed E-state index contributed by atoms with van der Waals surface area (Å²) >= 11 is 0. The first-order valence-electron chi connectivity index (χ1n) is 12.4. The molecule has 186 valence electrons. The van der Waals surface area contributed by atoms with Crippen LogP contribution in [0, 0.1) is 23.2 Å². The van der Waals surface area contributed by atoms with Crippen molar-refractivity contribution in [1.29, 1.82) is 5.26 Å². The van der Waals surface area contributed by atoms with Gasteiger partial charge in [-0.1, -0.05) is 52.0 Å². The number of ether oxygens (including phenoxy) is 2. The number of carbonyl (C=O) groups excluding carboxylic acids is 2. The Morgan fingerprint density at radius 3 is 1.62 bits per heavy atom. The minimum absolute atomic E-state index is 0.190. The highest BCUT2D eigenvalue weighted by Crippen LogP contribution is 2.44. The molecule has 5 aromatic rings. The fourth-order valence-electron chi connectivity index (χ4n) is 4.99. The van der Waals surface area contributed by atoms with Gasteiger partial charge >= 0.3 is 11.9 Å². The van der Waals surface area contributed by atoms with Crippen molar-refractivity contribution in [2.75, 3.05) is 18.9 Å². The number of nitrogens with zero attached hydrogens (tertiary/aromatic N) is 1. The van der Waals surface area contributed by atoms with Crippen LogP contribution in [0.4, 0.5) is 5.69 Å². The normalized spacial score (nSPS) is 11.7.